The first-order valence-electron chi connectivity index (χ1n) is 6.59. The number of benzene rings is 2. The van der Waals surface area contributed by atoms with E-state index in [4.69, 9.17) is 13.9 Å². The van der Waals surface area contributed by atoms with Crippen LogP contribution in [-0.4, -0.2) is 17.6 Å². The van der Waals surface area contributed by atoms with Gasteiger partial charge in [-0.15, -0.1) is 0 Å². The quantitative estimate of drug-likeness (QED) is 0.678. The highest BCUT2D eigenvalue weighted by Crippen LogP contribution is 2.15. The highest BCUT2D eigenvalue weighted by atomic mass is 19.1. The van der Waals surface area contributed by atoms with Crippen LogP contribution in [0.4, 0.5) is 4.39 Å². The number of oxazole rings is 1. The molecule has 3 aromatic rings. The molecule has 0 saturated carbocycles. The van der Waals surface area contributed by atoms with E-state index in [1.54, 1.807) is 6.07 Å². The van der Waals surface area contributed by atoms with Crippen LogP contribution in [0.2, 0.25) is 0 Å². The van der Waals surface area contributed by atoms with Crippen molar-refractivity contribution in [1.82, 2.24) is 4.98 Å². The van der Waals surface area contributed by atoms with Crippen LogP contribution in [0, 0.1) is 5.82 Å². The molecule has 22 heavy (non-hydrogen) atoms. The summed E-state index contributed by atoms with van der Waals surface area (Å²) in [6.07, 6.45) is 0. The van der Waals surface area contributed by atoms with E-state index in [9.17, 15) is 9.18 Å². The lowest BCUT2D eigenvalue weighted by molar-refractivity contribution is -0.148. The third-order valence-electron chi connectivity index (χ3n) is 2.87. The van der Waals surface area contributed by atoms with Crippen molar-refractivity contribution >= 4 is 17.1 Å². The Morgan fingerprint density at radius 1 is 1.14 bits per heavy atom. The lowest BCUT2D eigenvalue weighted by Crippen LogP contribution is -2.14. The van der Waals surface area contributed by atoms with E-state index in [2.05, 4.69) is 4.98 Å². The van der Waals surface area contributed by atoms with Gasteiger partial charge in [-0.2, -0.15) is 0 Å². The Morgan fingerprint density at radius 3 is 2.68 bits per heavy atom. The van der Waals surface area contributed by atoms with Crippen molar-refractivity contribution in [2.45, 2.75) is 6.61 Å². The Bertz CT molecular complexity index is 749. The van der Waals surface area contributed by atoms with Crippen LogP contribution in [0.1, 0.15) is 5.89 Å². The molecule has 0 fully saturated rings. The SMILES string of the molecule is O=C(COc1ccc(F)cc1)OCc1nc2ccccc2o1. The van der Waals surface area contributed by atoms with Gasteiger partial charge in [0.25, 0.3) is 0 Å². The Labute approximate surface area is 125 Å². The predicted octanol–water partition coefficient (Wildman–Crippen LogP) is 3.09. The Kier molecular flexibility index (Phi) is 4.00. The molecule has 6 heteroatoms. The molecule has 0 aliphatic rings. The van der Waals surface area contributed by atoms with Crippen LogP contribution < -0.4 is 4.74 Å². The molecule has 0 radical (unpaired) electrons. The Hall–Kier alpha value is -2.89. The van der Waals surface area contributed by atoms with Gasteiger partial charge in [-0.05, 0) is 36.4 Å². The fourth-order valence-corrected chi connectivity index (χ4v) is 1.84. The molecule has 112 valence electrons. The van der Waals surface area contributed by atoms with Crippen molar-refractivity contribution in [1.29, 1.82) is 0 Å². The van der Waals surface area contributed by atoms with Crippen molar-refractivity contribution in [2.24, 2.45) is 0 Å². The summed E-state index contributed by atoms with van der Waals surface area (Å²) in [5, 5.41) is 0. The van der Waals surface area contributed by atoms with Gasteiger partial charge in [0, 0.05) is 0 Å². The summed E-state index contributed by atoms with van der Waals surface area (Å²) in [5.41, 5.74) is 1.34. The summed E-state index contributed by atoms with van der Waals surface area (Å²) in [6.45, 7) is -0.341. The second kappa shape index (κ2) is 6.26. The monoisotopic (exact) mass is 301 g/mol. The highest BCUT2D eigenvalue weighted by molar-refractivity contribution is 5.72. The number of esters is 1. The van der Waals surface area contributed by atoms with Gasteiger partial charge in [-0.25, -0.2) is 14.2 Å². The van der Waals surface area contributed by atoms with Crippen LogP contribution in [0.25, 0.3) is 11.1 Å². The number of ether oxygens (including phenoxy) is 2. The molecule has 0 atom stereocenters. The maximum atomic E-state index is 12.7. The normalized spacial score (nSPS) is 10.6. The summed E-state index contributed by atoms with van der Waals surface area (Å²) in [6, 6.07) is 12.6. The molecule has 0 unspecified atom stereocenters. The van der Waals surface area contributed by atoms with Crippen LogP contribution in [0.3, 0.4) is 0 Å². The number of rotatable bonds is 5. The van der Waals surface area contributed by atoms with Crippen molar-refractivity contribution < 1.29 is 23.1 Å². The van der Waals surface area contributed by atoms with Gasteiger partial charge in [-0.1, -0.05) is 12.1 Å². The van der Waals surface area contributed by atoms with E-state index >= 15 is 0 Å². The minimum absolute atomic E-state index is 0.0692. The molecule has 1 heterocycles. The maximum Gasteiger partial charge on any atom is 0.344 e. The van der Waals surface area contributed by atoms with E-state index < -0.39 is 5.97 Å². The predicted molar refractivity (Wildman–Crippen MR) is 75.7 cm³/mol. The standard InChI is InChI=1S/C16H12FNO4/c17-11-5-7-12(8-6-11)20-10-16(19)21-9-15-18-13-3-1-2-4-14(13)22-15/h1-8H,9-10H2. The molecule has 0 N–H and O–H groups in total. The van der Waals surface area contributed by atoms with Gasteiger partial charge in [0.15, 0.2) is 18.8 Å². The van der Waals surface area contributed by atoms with E-state index in [0.29, 0.717) is 22.7 Å². The molecule has 0 saturated heterocycles. The van der Waals surface area contributed by atoms with Crippen molar-refractivity contribution in [2.75, 3.05) is 6.61 Å². The number of carbonyl (C=O) groups is 1. The number of carbonyl (C=O) groups excluding carboxylic acids is 1. The number of halogens is 1. The van der Waals surface area contributed by atoms with Gasteiger partial charge in [0.05, 0.1) is 0 Å². The second-order valence-electron chi connectivity index (χ2n) is 4.48. The Morgan fingerprint density at radius 2 is 1.91 bits per heavy atom. The average Bonchev–Trinajstić information content (AvgIpc) is 2.95. The number of hydrogen-bond acceptors (Lipinski definition) is 5. The number of hydrogen-bond donors (Lipinski definition) is 0. The number of para-hydroxylation sites is 2. The first kappa shape index (κ1) is 14.1. The van der Waals surface area contributed by atoms with E-state index in [1.807, 2.05) is 18.2 Å². The van der Waals surface area contributed by atoms with Gasteiger partial charge in [0.2, 0.25) is 5.89 Å². The zero-order valence-electron chi connectivity index (χ0n) is 11.5. The molecule has 0 amide bonds. The summed E-state index contributed by atoms with van der Waals surface area (Å²) in [7, 11) is 0. The maximum absolute atomic E-state index is 12.7. The smallest absolute Gasteiger partial charge is 0.344 e. The molecule has 2 aromatic carbocycles. The zero-order chi connectivity index (χ0) is 15.4. The molecule has 3 rings (SSSR count). The van der Waals surface area contributed by atoms with Gasteiger partial charge in [-0.3, -0.25) is 0 Å². The largest absolute Gasteiger partial charge is 0.482 e. The Balaban J connectivity index is 1.50. The van der Waals surface area contributed by atoms with E-state index in [0.717, 1.165) is 0 Å². The molecular formula is C16H12FNO4. The lowest BCUT2D eigenvalue weighted by Gasteiger charge is -2.05. The zero-order valence-corrected chi connectivity index (χ0v) is 11.5. The summed E-state index contributed by atoms with van der Waals surface area (Å²) in [4.78, 5) is 15.8. The fourth-order valence-electron chi connectivity index (χ4n) is 1.84. The molecule has 5 nitrogen and oxygen atoms in total. The lowest BCUT2D eigenvalue weighted by atomic mass is 10.3. The summed E-state index contributed by atoms with van der Waals surface area (Å²) < 4.78 is 28.3. The molecule has 0 bridgehead atoms. The molecular weight excluding hydrogens is 289 g/mol. The molecule has 0 aliphatic carbocycles. The van der Waals surface area contributed by atoms with E-state index in [-0.39, 0.29) is 19.0 Å². The van der Waals surface area contributed by atoms with Crippen LogP contribution in [0.5, 0.6) is 5.75 Å². The molecule has 1 aromatic heterocycles. The average molecular weight is 301 g/mol. The molecule has 0 spiro atoms. The van der Waals surface area contributed by atoms with Crippen molar-refractivity contribution in [3.05, 3.63) is 60.2 Å². The number of aromatic nitrogens is 1. The van der Waals surface area contributed by atoms with Crippen LogP contribution >= 0.6 is 0 Å². The second-order valence-corrected chi connectivity index (χ2v) is 4.48. The van der Waals surface area contributed by atoms with Gasteiger partial charge in [0.1, 0.15) is 17.1 Å². The fraction of sp³-hybridized carbons (Fsp3) is 0.125. The van der Waals surface area contributed by atoms with Crippen LogP contribution in [0.15, 0.2) is 52.9 Å². The third kappa shape index (κ3) is 3.41. The third-order valence-corrected chi connectivity index (χ3v) is 2.87. The number of nitrogens with zero attached hydrogens (tertiary/aromatic N) is 1. The van der Waals surface area contributed by atoms with Crippen LogP contribution in [-0.2, 0) is 16.1 Å². The molecule has 0 aliphatic heterocycles. The highest BCUT2D eigenvalue weighted by Gasteiger charge is 2.09. The van der Waals surface area contributed by atoms with E-state index in [1.165, 1.54) is 24.3 Å². The van der Waals surface area contributed by atoms with Gasteiger partial charge >= 0.3 is 5.97 Å². The summed E-state index contributed by atoms with van der Waals surface area (Å²) in [5.74, 6) is -0.228. The topological polar surface area (TPSA) is 61.6 Å². The number of fused-ring (bicyclic) bond motifs is 1. The first-order valence-corrected chi connectivity index (χ1v) is 6.59. The first-order chi connectivity index (χ1) is 10.7. The van der Waals surface area contributed by atoms with Gasteiger partial charge < -0.3 is 13.9 Å². The summed E-state index contributed by atoms with van der Waals surface area (Å²) >= 11 is 0. The van der Waals surface area contributed by atoms with Crippen molar-refractivity contribution in [3.63, 3.8) is 0 Å². The minimum atomic E-state index is -0.563. The minimum Gasteiger partial charge on any atom is -0.482 e. The van der Waals surface area contributed by atoms with Crippen molar-refractivity contribution in [3.8, 4) is 5.75 Å².